The molecule has 2 aromatic rings. The van der Waals surface area contributed by atoms with Crippen LogP contribution in [0.2, 0.25) is 0 Å². The van der Waals surface area contributed by atoms with Crippen LogP contribution in [0.3, 0.4) is 0 Å². The first-order chi connectivity index (χ1) is 8.49. The summed E-state index contributed by atoms with van der Waals surface area (Å²) < 4.78 is 1.10. The number of phenols is 1. The fraction of sp³-hybridized carbons (Fsp3) is 0.133. The Morgan fingerprint density at radius 2 is 1.50 bits per heavy atom. The van der Waals surface area contributed by atoms with E-state index in [9.17, 15) is 9.90 Å². The number of hydrogen-bond acceptors (Lipinski definition) is 2. The molecule has 0 fully saturated rings. The number of aryl methyl sites for hydroxylation is 2. The number of ketones is 1. The molecule has 92 valence electrons. The zero-order valence-corrected chi connectivity index (χ0v) is 12.4. The zero-order chi connectivity index (χ0) is 13.3. The average Bonchev–Trinajstić information content (AvgIpc) is 2.35. The van der Waals surface area contributed by atoms with Crippen LogP contribution in [0.4, 0.5) is 0 Å². The molecule has 2 rings (SSSR count). The summed E-state index contributed by atoms with van der Waals surface area (Å²) in [5, 5.41) is 9.71. The topological polar surface area (TPSA) is 37.3 Å². The maximum atomic E-state index is 12.3. The van der Waals surface area contributed by atoms with Gasteiger partial charge < -0.3 is 5.11 Å². The molecule has 0 unspecified atom stereocenters. The Morgan fingerprint density at radius 1 is 1.00 bits per heavy atom. The second-order valence-electron chi connectivity index (χ2n) is 4.29. The van der Waals surface area contributed by atoms with E-state index in [2.05, 4.69) is 22.6 Å². The van der Waals surface area contributed by atoms with Crippen LogP contribution in [0, 0.1) is 17.4 Å². The highest BCUT2D eigenvalue weighted by Crippen LogP contribution is 2.24. The van der Waals surface area contributed by atoms with Crippen LogP contribution in [0.1, 0.15) is 27.0 Å². The summed E-state index contributed by atoms with van der Waals surface area (Å²) in [5.41, 5.74) is 2.73. The minimum absolute atomic E-state index is 0.0161. The molecule has 0 spiro atoms. The van der Waals surface area contributed by atoms with Crippen molar-refractivity contribution in [1.82, 2.24) is 0 Å². The van der Waals surface area contributed by atoms with Gasteiger partial charge in [0.05, 0.1) is 0 Å². The maximum Gasteiger partial charge on any atom is 0.193 e. The summed E-state index contributed by atoms with van der Waals surface area (Å²) in [6.07, 6.45) is 0. The number of carbonyl (C=O) groups excluding carboxylic acids is 1. The largest absolute Gasteiger partial charge is 0.507 e. The Hall–Kier alpha value is -1.36. The molecular weight excluding hydrogens is 339 g/mol. The van der Waals surface area contributed by atoms with Crippen molar-refractivity contribution in [1.29, 1.82) is 0 Å². The number of aromatic hydroxyl groups is 1. The van der Waals surface area contributed by atoms with Gasteiger partial charge in [0.15, 0.2) is 5.78 Å². The molecule has 18 heavy (non-hydrogen) atoms. The highest BCUT2D eigenvalue weighted by atomic mass is 127. The second kappa shape index (κ2) is 5.10. The van der Waals surface area contributed by atoms with Crippen LogP contribution < -0.4 is 0 Å². The van der Waals surface area contributed by atoms with Gasteiger partial charge in [-0.1, -0.05) is 0 Å². The Kier molecular flexibility index (Phi) is 3.71. The number of rotatable bonds is 2. The van der Waals surface area contributed by atoms with Crippen molar-refractivity contribution in [3.05, 3.63) is 62.2 Å². The van der Waals surface area contributed by atoms with E-state index in [1.54, 1.807) is 26.0 Å². The maximum absolute atomic E-state index is 12.3. The first kappa shape index (κ1) is 13.1. The third-order valence-electron chi connectivity index (χ3n) is 2.86. The van der Waals surface area contributed by atoms with Gasteiger partial charge in [0.25, 0.3) is 0 Å². The fourth-order valence-electron chi connectivity index (χ4n) is 1.85. The monoisotopic (exact) mass is 352 g/mol. The number of carbonyl (C=O) groups is 1. The van der Waals surface area contributed by atoms with E-state index in [-0.39, 0.29) is 11.5 Å². The first-order valence-corrected chi connectivity index (χ1v) is 6.67. The zero-order valence-electron chi connectivity index (χ0n) is 10.2. The SMILES string of the molecule is Cc1cc(C(=O)c2ccc(I)cc2)cc(C)c1O. The third kappa shape index (κ3) is 2.56. The molecule has 0 aliphatic carbocycles. The molecule has 2 nitrogen and oxygen atoms in total. The first-order valence-electron chi connectivity index (χ1n) is 5.59. The van der Waals surface area contributed by atoms with Crippen molar-refractivity contribution >= 4 is 28.4 Å². The smallest absolute Gasteiger partial charge is 0.193 e. The van der Waals surface area contributed by atoms with Gasteiger partial charge in [-0.15, -0.1) is 0 Å². The van der Waals surface area contributed by atoms with Crippen LogP contribution in [-0.2, 0) is 0 Å². The summed E-state index contributed by atoms with van der Waals surface area (Å²) in [6.45, 7) is 3.60. The van der Waals surface area contributed by atoms with Crippen molar-refractivity contribution in [3.8, 4) is 5.75 Å². The quantitative estimate of drug-likeness (QED) is 0.659. The van der Waals surface area contributed by atoms with Gasteiger partial charge >= 0.3 is 0 Å². The highest BCUT2D eigenvalue weighted by Gasteiger charge is 2.12. The van der Waals surface area contributed by atoms with E-state index in [0.717, 1.165) is 14.7 Å². The lowest BCUT2D eigenvalue weighted by molar-refractivity contribution is 0.103. The van der Waals surface area contributed by atoms with Crippen LogP contribution in [0.25, 0.3) is 0 Å². The molecule has 0 aromatic heterocycles. The van der Waals surface area contributed by atoms with Crippen LogP contribution in [-0.4, -0.2) is 10.9 Å². The molecule has 0 bridgehead atoms. The Morgan fingerprint density at radius 3 is 2.00 bits per heavy atom. The Balaban J connectivity index is 2.43. The van der Waals surface area contributed by atoms with E-state index in [1.165, 1.54) is 0 Å². The molecule has 2 aromatic carbocycles. The number of phenolic OH excluding ortho intramolecular Hbond substituents is 1. The van der Waals surface area contributed by atoms with Crippen molar-refractivity contribution < 1.29 is 9.90 Å². The van der Waals surface area contributed by atoms with Crippen molar-refractivity contribution in [2.75, 3.05) is 0 Å². The van der Waals surface area contributed by atoms with Gasteiger partial charge in [0.2, 0.25) is 0 Å². The van der Waals surface area contributed by atoms with Gasteiger partial charge in [-0.3, -0.25) is 4.79 Å². The summed E-state index contributed by atoms with van der Waals surface area (Å²) >= 11 is 2.21. The van der Waals surface area contributed by atoms with Crippen LogP contribution in [0.5, 0.6) is 5.75 Å². The summed E-state index contributed by atoms with van der Waals surface area (Å²) in [7, 11) is 0. The molecule has 0 saturated carbocycles. The molecule has 0 aliphatic heterocycles. The molecule has 0 saturated heterocycles. The minimum atomic E-state index is -0.0161. The van der Waals surface area contributed by atoms with E-state index in [0.29, 0.717) is 11.1 Å². The van der Waals surface area contributed by atoms with E-state index in [4.69, 9.17) is 0 Å². The Labute approximate surface area is 120 Å². The standard InChI is InChI=1S/C15H13IO2/c1-9-7-12(8-10(2)14(9)17)15(18)11-3-5-13(16)6-4-11/h3-8,17H,1-2H3. The fourth-order valence-corrected chi connectivity index (χ4v) is 2.21. The summed E-state index contributed by atoms with van der Waals surface area (Å²) in [5.74, 6) is 0.242. The van der Waals surface area contributed by atoms with E-state index < -0.39 is 0 Å². The predicted molar refractivity (Wildman–Crippen MR) is 80.2 cm³/mol. The minimum Gasteiger partial charge on any atom is -0.507 e. The molecule has 0 radical (unpaired) electrons. The number of halogens is 1. The molecule has 0 amide bonds. The van der Waals surface area contributed by atoms with Crippen LogP contribution in [0.15, 0.2) is 36.4 Å². The van der Waals surface area contributed by atoms with Gasteiger partial charge in [0.1, 0.15) is 5.75 Å². The van der Waals surface area contributed by atoms with Crippen molar-refractivity contribution in [2.45, 2.75) is 13.8 Å². The van der Waals surface area contributed by atoms with E-state index >= 15 is 0 Å². The second-order valence-corrected chi connectivity index (χ2v) is 5.54. The number of hydrogen-bond donors (Lipinski definition) is 1. The average molecular weight is 352 g/mol. The van der Waals surface area contributed by atoms with Gasteiger partial charge in [-0.05, 0) is 84.0 Å². The molecule has 3 heteroatoms. The molecule has 0 heterocycles. The van der Waals surface area contributed by atoms with Gasteiger partial charge in [-0.25, -0.2) is 0 Å². The van der Waals surface area contributed by atoms with Crippen molar-refractivity contribution in [3.63, 3.8) is 0 Å². The molecular formula is C15H13IO2. The summed E-state index contributed by atoms with van der Waals surface area (Å²) in [4.78, 5) is 12.3. The lowest BCUT2D eigenvalue weighted by Crippen LogP contribution is -2.02. The van der Waals surface area contributed by atoms with Crippen molar-refractivity contribution in [2.24, 2.45) is 0 Å². The Bertz CT molecular complexity index is 577. The lowest BCUT2D eigenvalue weighted by atomic mass is 9.99. The highest BCUT2D eigenvalue weighted by molar-refractivity contribution is 14.1. The molecule has 1 N–H and O–H groups in total. The molecule has 0 atom stereocenters. The normalized spacial score (nSPS) is 10.4. The van der Waals surface area contributed by atoms with Gasteiger partial charge in [0, 0.05) is 14.7 Å². The van der Waals surface area contributed by atoms with E-state index in [1.807, 2.05) is 24.3 Å². The van der Waals surface area contributed by atoms with Crippen LogP contribution >= 0.6 is 22.6 Å². The van der Waals surface area contributed by atoms with Gasteiger partial charge in [-0.2, -0.15) is 0 Å². The number of benzene rings is 2. The molecule has 0 aliphatic rings. The summed E-state index contributed by atoms with van der Waals surface area (Å²) in [6, 6.07) is 10.9. The lowest BCUT2D eigenvalue weighted by Gasteiger charge is -2.07. The third-order valence-corrected chi connectivity index (χ3v) is 3.58. The predicted octanol–water partition coefficient (Wildman–Crippen LogP) is 3.84.